The quantitative estimate of drug-likeness (QED) is 0.427. The number of hydrogen-bond donors (Lipinski definition) is 0. The van der Waals surface area contributed by atoms with Gasteiger partial charge in [0.15, 0.2) is 0 Å². The third-order valence-electron chi connectivity index (χ3n) is 2.94. The van der Waals surface area contributed by atoms with Gasteiger partial charge in [-0.05, 0) is 24.7 Å². The molecule has 2 radical (unpaired) electrons. The lowest BCUT2D eigenvalue weighted by Crippen LogP contribution is -2.13. The van der Waals surface area contributed by atoms with E-state index in [-0.39, 0.29) is 7.92 Å². The first kappa shape index (κ1) is 13.5. The van der Waals surface area contributed by atoms with Crippen molar-refractivity contribution < 1.29 is 0 Å². The summed E-state index contributed by atoms with van der Waals surface area (Å²) in [4.78, 5) is 0. The molecule has 0 N–H and O–H groups in total. The molecule has 0 fully saturated rings. The van der Waals surface area contributed by atoms with Gasteiger partial charge in [-0.1, -0.05) is 79.7 Å². The molecular weight excluding hydrogens is 251 g/mol. The predicted molar refractivity (Wildman–Crippen MR) is 85.0 cm³/mol. The summed E-state index contributed by atoms with van der Waals surface area (Å²) in [7, 11) is 0.925. The fourth-order valence-corrected chi connectivity index (χ4v) is 5.22. The smallest absolute Gasteiger partial charge is 0.0342 e. The first-order valence-electron chi connectivity index (χ1n) is 6.44. The summed E-state index contributed by atoms with van der Waals surface area (Å²) in [5.74, 6) is 0. The van der Waals surface area contributed by atoms with Gasteiger partial charge < -0.3 is 0 Å². The predicted octanol–water partition coefficient (Wildman–Crippen LogP) is 3.68. The Kier molecular flexibility index (Phi) is 5.64. The van der Waals surface area contributed by atoms with E-state index in [1.807, 2.05) is 0 Å². The molecule has 18 heavy (non-hydrogen) atoms. The van der Waals surface area contributed by atoms with E-state index in [1.165, 1.54) is 29.2 Å². The second kappa shape index (κ2) is 7.51. The molecule has 0 heterocycles. The SMILES string of the molecule is C[Si]CCCP(c1ccccc1)c1ccccc1. The number of benzene rings is 2. The van der Waals surface area contributed by atoms with Crippen LogP contribution in [0, 0.1) is 0 Å². The van der Waals surface area contributed by atoms with Crippen LogP contribution in [-0.2, 0) is 0 Å². The Bertz CT molecular complexity index is 402. The van der Waals surface area contributed by atoms with E-state index < -0.39 is 0 Å². The molecule has 0 aliphatic heterocycles. The highest BCUT2D eigenvalue weighted by molar-refractivity contribution is 7.73. The van der Waals surface area contributed by atoms with Gasteiger partial charge >= 0.3 is 0 Å². The molecule has 2 rings (SSSR count). The van der Waals surface area contributed by atoms with Gasteiger partial charge in [-0.15, -0.1) is 0 Å². The molecule has 0 aromatic heterocycles. The molecule has 0 atom stereocenters. The maximum atomic E-state index is 2.30. The van der Waals surface area contributed by atoms with Gasteiger partial charge in [0, 0.05) is 9.52 Å². The molecule has 0 amide bonds. The summed E-state index contributed by atoms with van der Waals surface area (Å²) in [5, 5.41) is 3.02. The van der Waals surface area contributed by atoms with Gasteiger partial charge in [0.25, 0.3) is 0 Å². The zero-order valence-corrected chi connectivity index (χ0v) is 12.7. The van der Waals surface area contributed by atoms with Crippen molar-refractivity contribution in [1.82, 2.24) is 0 Å². The minimum absolute atomic E-state index is 0.158. The van der Waals surface area contributed by atoms with Gasteiger partial charge in [-0.3, -0.25) is 0 Å². The van der Waals surface area contributed by atoms with E-state index in [4.69, 9.17) is 0 Å². The topological polar surface area (TPSA) is 0 Å². The van der Waals surface area contributed by atoms with Crippen LogP contribution in [0.2, 0.25) is 12.6 Å². The van der Waals surface area contributed by atoms with Crippen LogP contribution in [0.5, 0.6) is 0 Å². The van der Waals surface area contributed by atoms with Gasteiger partial charge in [-0.2, -0.15) is 0 Å². The number of rotatable bonds is 6. The van der Waals surface area contributed by atoms with Crippen molar-refractivity contribution >= 4 is 28.1 Å². The van der Waals surface area contributed by atoms with Crippen LogP contribution in [0.25, 0.3) is 0 Å². The van der Waals surface area contributed by atoms with E-state index in [1.54, 1.807) is 0 Å². The Hall–Kier alpha value is -0.913. The average molecular weight is 270 g/mol. The first-order valence-corrected chi connectivity index (χ1v) is 9.67. The van der Waals surface area contributed by atoms with Crippen molar-refractivity contribution in [2.45, 2.75) is 19.0 Å². The molecule has 0 bridgehead atoms. The van der Waals surface area contributed by atoms with Crippen molar-refractivity contribution in [3.05, 3.63) is 60.7 Å². The van der Waals surface area contributed by atoms with Crippen molar-refractivity contribution in [3.8, 4) is 0 Å². The molecule has 0 nitrogen and oxygen atoms in total. The summed E-state index contributed by atoms with van der Waals surface area (Å²) in [5.41, 5.74) is 0. The number of hydrogen-bond acceptors (Lipinski definition) is 0. The van der Waals surface area contributed by atoms with Crippen LogP contribution in [0.1, 0.15) is 6.42 Å². The average Bonchev–Trinajstić information content (AvgIpc) is 2.46. The molecule has 0 saturated carbocycles. The standard InChI is InChI=1S/C16H19PSi/c1-18-14-8-13-17(15-9-4-2-5-10-15)16-11-6-3-7-12-16/h2-7,9-12H,8,13-14H2,1H3. The maximum absolute atomic E-state index is 2.30. The Morgan fingerprint density at radius 3 is 1.78 bits per heavy atom. The molecule has 0 spiro atoms. The third kappa shape index (κ3) is 3.80. The van der Waals surface area contributed by atoms with E-state index in [2.05, 4.69) is 67.2 Å². The van der Waals surface area contributed by atoms with Crippen molar-refractivity contribution in [2.75, 3.05) is 6.16 Å². The Morgan fingerprint density at radius 2 is 1.33 bits per heavy atom. The fourth-order valence-electron chi connectivity index (χ4n) is 2.04. The molecule has 92 valence electrons. The lowest BCUT2D eigenvalue weighted by molar-refractivity contribution is 1.09. The van der Waals surface area contributed by atoms with Crippen LogP contribution in [-0.4, -0.2) is 15.7 Å². The molecule has 0 unspecified atom stereocenters. The van der Waals surface area contributed by atoms with Crippen molar-refractivity contribution in [3.63, 3.8) is 0 Å². The minimum atomic E-state index is -0.158. The van der Waals surface area contributed by atoms with Crippen molar-refractivity contribution in [2.24, 2.45) is 0 Å². The van der Waals surface area contributed by atoms with Crippen LogP contribution in [0.4, 0.5) is 0 Å². The fraction of sp³-hybridized carbons (Fsp3) is 0.250. The largest absolute Gasteiger partial charge is 0.0733 e. The van der Waals surface area contributed by atoms with Gasteiger partial charge in [0.2, 0.25) is 0 Å². The third-order valence-corrected chi connectivity index (χ3v) is 6.40. The van der Waals surface area contributed by atoms with Gasteiger partial charge in [-0.25, -0.2) is 0 Å². The van der Waals surface area contributed by atoms with Gasteiger partial charge in [0.1, 0.15) is 0 Å². The molecule has 2 aromatic carbocycles. The van der Waals surface area contributed by atoms with E-state index in [0.29, 0.717) is 0 Å². The summed E-state index contributed by atoms with van der Waals surface area (Å²) >= 11 is 0. The van der Waals surface area contributed by atoms with E-state index in [9.17, 15) is 0 Å². The van der Waals surface area contributed by atoms with Crippen LogP contribution in [0.3, 0.4) is 0 Å². The van der Waals surface area contributed by atoms with Crippen LogP contribution >= 0.6 is 7.92 Å². The molecular formula is C16H19PSi. The molecule has 2 aromatic rings. The molecule has 0 aliphatic carbocycles. The zero-order chi connectivity index (χ0) is 12.6. The van der Waals surface area contributed by atoms with Crippen LogP contribution < -0.4 is 10.6 Å². The second-order valence-electron chi connectivity index (χ2n) is 4.28. The first-order chi connectivity index (χ1) is 8.92. The summed E-state index contributed by atoms with van der Waals surface area (Å²) in [6.07, 6.45) is 2.68. The zero-order valence-electron chi connectivity index (χ0n) is 10.8. The van der Waals surface area contributed by atoms with Crippen molar-refractivity contribution in [1.29, 1.82) is 0 Å². The Balaban J connectivity index is 2.18. The van der Waals surface area contributed by atoms with Crippen LogP contribution in [0.15, 0.2) is 60.7 Å². The van der Waals surface area contributed by atoms with E-state index in [0.717, 1.165) is 9.52 Å². The second-order valence-corrected chi connectivity index (χ2v) is 7.82. The minimum Gasteiger partial charge on any atom is -0.0733 e. The highest BCUT2D eigenvalue weighted by atomic mass is 31.1. The molecule has 0 aliphatic rings. The monoisotopic (exact) mass is 270 g/mol. The van der Waals surface area contributed by atoms with Gasteiger partial charge in [0.05, 0.1) is 0 Å². The summed E-state index contributed by atoms with van der Waals surface area (Å²) in [6, 6.07) is 23.4. The molecule has 0 saturated heterocycles. The van der Waals surface area contributed by atoms with E-state index >= 15 is 0 Å². The Morgan fingerprint density at radius 1 is 0.833 bits per heavy atom. The highest BCUT2D eigenvalue weighted by Gasteiger charge is 2.12. The Labute approximate surface area is 114 Å². The highest BCUT2D eigenvalue weighted by Crippen LogP contribution is 2.34. The summed E-state index contributed by atoms with van der Waals surface area (Å²) < 4.78 is 0. The lowest BCUT2D eigenvalue weighted by atomic mass is 10.4. The summed E-state index contributed by atoms with van der Waals surface area (Å²) in [6.45, 7) is 2.30. The molecule has 2 heteroatoms. The maximum Gasteiger partial charge on any atom is 0.0342 e. The normalized spacial score (nSPS) is 10.8. The lowest BCUT2D eigenvalue weighted by Gasteiger charge is -2.18.